The number of ketones is 1. The second kappa shape index (κ2) is 13.4. The normalized spacial score (nSPS) is 22.5. The van der Waals surface area contributed by atoms with E-state index in [0.29, 0.717) is 18.6 Å². The molecule has 2 rings (SSSR count). The molecular formula is C27H40O6. The summed E-state index contributed by atoms with van der Waals surface area (Å²) in [6.45, 7) is 18.8. The van der Waals surface area contributed by atoms with E-state index < -0.39 is 11.9 Å². The Balaban J connectivity index is 0.000000461. The number of esters is 1. The molecule has 1 heterocycles. The summed E-state index contributed by atoms with van der Waals surface area (Å²) >= 11 is 0. The molecule has 3 unspecified atom stereocenters. The number of fused-ring (bicyclic) bond motifs is 1. The molecule has 0 fully saturated rings. The summed E-state index contributed by atoms with van der Waals surface area (Å²) in [5.41, 5.74) is 3.06. The fourth-order valence-corrected chi connectivity index (χ4v) is 3.23. The van der Waals surface area contributed by atoms with Crippen LogP contribution in [0.1, 0.15) is 60.8 Å². The van der Waals surface area contributed by atoms with Crippen molar-refractivity contribution in [3.63, 3.8) is 0 Å². The van der Waals surface area contributed by atoms with Gasteiger partial charge < -0.3 is 19.3 Å². The van der Waals surface area contributed by atoms with Gasteiger partial charge in [0.25, 0.3) is 0 Å². The maximum atomic E-state index is 12.0. The summed E-state index contributed by atoms with van der Waals surface area (Å²) in [7, 11) is 0. The zero-order valence-corrected chi connectivity index (χ0v) is 21.0. The summed E-state index contributed by atoms with van der Waals surface area (Å²) in [6.07, 6.45) is 8.63. The van der Waals surface area contributed by atoms with Gasteiger partial charge in [0.2, 0.25) is 0 Å². The Bertz CT molecular complexity index is 809. The first-order valence-electron chi connectivity index (χ1n) is 11.3. The van der Waals surface area contributed by atoms with Gasteiger partial charge in [0.15, 0.2) is 12.1 Å². The first-order chi connectivity index (χ1) is 15.3. The first-order valence-corrected chi connectivity index (χ1v) is 11.3. The molecule has 0 radical (unpaired) electrons. The third kappa shape index (κ3) is 11.9. The van der Waals surface area contributed by atoms with Gasteiger partial charge in [-0.05, 0) is 70.8 Å². The largest absolute Gasteiger partial charge is 0.461 e. The molecule has 0 aromatic rings. The number of rotatable bonds is 9. The quantitative estimate of drug-likeness (QED) is 0.385. The molecule has 1 aliphatic heterocycles. The minimum atomic E-state index is -0.685. The molecular weight excluding hydrogens is 420 g/mol. The number of allylic oxidation sites excluding steroid dienone is 3. The standard InChI is InChI=1S/C18H24O5.C9H16O/c1-11(2)5-6-21-18-8-14(10-22-13(4)19)15-9-16(20)12(3)7-17(15)23-18;1-8(2)6-5-7-9(3,4)10/h7-8,15,17-18H,1,5-6,9-10H2,2-4H3;5,7,10H,1,6H2,2-4H3/b;7-5+. The molecule has 1 N–H and O–H groups in total. The molecule has 0 saturated heterocycles. The number of hydrogen-bond acceptors (Lipinski definition) is 6. The van der Waals surface area contributed by atoms with Crippen molar-refractivity contribution < 1.29 is 28.9 Å². The molecule has 0 amide bonds. The van der Waals surface area contributed by atoms with Crippen LogP contribution in [0.4, 0.5) is 0 Å². The predicted octanol–water partition coefficient (Wildman–Crippen LogP) is 5.00. The van der Waals surface area contributed by atoms with E-state index in [1.807, 2.05) is 32.1 Å². The Kier molecular flexibility index (Phi) is 11.7. The van der Waals surface area contributed by atoms with E-state index in [1.54, 1.807) is 26.8 Å². The minimum absolute atomic E-state index is 0.0912. The van der Waals surface area contributed by atoms with Crippen LogP contribution in [0.3, 0.4) is 0 Å². The topological polar surface area (TPSA) is 82.1 Å². The monoisotopic (exact) mass is 460 g/mol. The van der Waals surface area contributed by atoms with Gasteiger partial charge in [-0.15, -0.1) is 6.58 Å². The smallest absolute Gasteiger partial charge is 0.302 e. The highest BCUT2D eigenvalue weighted by Gasteiger charge is 2.37. The highest BCUT2D eigenvalue weighted by Crippen LogP contribution is 2.34. The van der Waals surface area contributed by atoms with Crippen molar-refractivity contribution >= 4 is 11.8 Å². The van der Waals surface area contributed by atoms with Crippen LogP contribution in [-0.4, -0.2) is 48.1 Å². The molecule has 6 nitrogen and oxygen atoms in total. The van der Waals surface area contributed by atoms with Gasteiger partial charge in [-0.25, -0.2) is 0 Å². The molecule has 1 aliphatic carbocycles. The molecule has 3 atom stereocenters. The highest BCUT2D eigenvalue weighted by atomic mass is 16.7. The van der Waals surface area contributed by atoms with Crippen molar-refractivity contribution in [3.8, 4) is 0 Å². The average molecular weight is 461 g/mol. The Morgan fingerprint density at radius 3 is 2.45 bits per heavy atom. The lowest BCUT2D eigenvalue weighted by atomic mass is 9.80. The van der Waals surface area contributed by atoms with Gasteiger partial charge >= 0.3 is 5.97 Å². The number of hydrogen-bond donors (Lipinski definition) is 1. The fraction of sp³-hybridized carbons (Fsp3) is 0.556. The second-order valence-corrected chi connectivity index (χ2v) is 9.37. The third-order valence-electron chi connectivity index (χ3n) is 5.02. The lowest BCUT2D eigenvalue weighted by molar-refractivity contribution is -0.155. The lowest BCUT2D eigenvalue weighted by Crippen LogP contribution is -2.40. The van der Waals surface area contributed by atoms with Crippen LogP contribution in [0.25, 0.3) is 0 Å². The SMILES string of the molecule is C=C(C)C/C=C/C(C)(C)O.C=C(C)CCOC1C=C(COC(C)=O)C2CC(=O)C(C)=CC2O1. The van der Waals surface area contributed by atoms with Crippen molar-refractivity contribution in [1.29, 1.82) is 0 Å². The number of Topliss-reactive ketones (excluding diaryl/α,β-unsaturated/α-hetero) is 1. The van der Waals surface area contributed by atoms with Gasteiger partial charge in [-0.2, -0.15) is 0 Å². The number of carbonyl (C=O) groups excluding carboxylic acids is 2. The number of carbonyl (C=O) groups is 2. The molecule has 0 aromatic heterocycles. The van der Waals surface area contributed by atoms with E-state index in [1.165, 1.54) is 6.92 Å². The molecule has 0 spiro atoms. The van der Waals surface area contributed by atoms with Crippen LogP contribution in [0, 0.1) is 5.92 Å². The van der Waals surface area contributed by atoms with Crippen LogP contribution < -0.4 is 0 Å². The van der Waals surface area contributed by atoms with Crippen molar-refractivity contribution in [1.82, 2.24) is 0 Å². The number of ether oxygens (including phenoxy) is 3. The van der Waals surface area contributed by atoms with Gasteiger partial charge in [0.1, 0.15) is 6.61 Å². The molecule has 184 valence electrons. The molecule has 0 saturated carbocycles. The van der Waals surface area contributed by atoms with Crippen LogP contribution >= 0.6 is 0 Å². The second-order valence-electron chi connectivity index (χ2n) is 9.37. The zero-order chi connectivity index (χ0) is 25.2. The lowest BCUT2D eigenvalue weighted by Gasteiger charge is -2.37. The van der Waals surface area contributed by atoms with Gasteiger partial charge in [0.05, 0.1) is 18.3 Å². The summed E-state index contributed by atoms with van der Waals surface area (Å²) in [5, 5.41) is 9.21. The third-order valence-corrected chi connectivity index (χ3v) is 5.02. The Hall–Kier alpha value is -2.28. The molecule has 33 heavy (non-hydrogen) atoms. The minimum Gasteiger partial charge on any atom is -0.461 e. The fourth-order valence-electron chi connectivity index (χ4n) is 3.23. The van der Waals surface area contributed by atoms with Crippen molar-refractivity contribution in [2.75, 3.05) is 13.2 Å². The highest BCUT2D eigenvalue weighted by molar-refractivity contribution is 5.96. The van der Waals surface area contributed by atoms with Crippen LogP contribution in [0.15, 0.2) is 59.8 Å². The average Bonchev–Trinajstić information content (AvgIpc) is 2.66. The van der Waals surface area contributed by atoms with Crippen LogP contribution in [0.5, 0.6) is 0 Å². The molecule has 2 aliphatic rings. The van der Waals surface area contributed by atoms with E-state index in [9.17, 15) is 14.7 Å². The maximum Gasteiger partial charge on any atom is 0.302 e. The van der Waals surface area contributed by atoms with Crippen LogP contribution in [-0.2, 0) is 23.8 Å². The van der Waals surface area contributed by atoms with Crippen LogP contribution in [0.2, 0.25) is 0 Å². The van der Waals surface area contributed by atoms with Gasteiger partial charge in [-0.1, -0.05) is 29.9 Å². The first kappa shape index (κ1) is 28.8. The number of aliphatic hydroxyl groups is 1. The Labute approximate surface area is 198 Å². The predicted molar refractivity (Wildman–Crippen MR) is 130 cm³/mol. The summed E-state index contributed by atoms with van der Waals surface area (Å²) in [6, 6.07) is 0. The maximum absolute atomic E-state index is 12.0. The molecule has 0 aromatic carbocycles. The summed E-state index contributed by atoms with van der Waals surface area (Å²) < 4.78 is 16.8. The van der Waals surface area contributed by atoms with Gasteiger partial charge in [-0.3, -0.25) is 9.59 Å². The van der Waals surface area contributed by atoms with E-state index in [4.69, 9.17) is 14.2 Å². The Morgan fingerprint density at radius 1 is 1.24 bits per heavy atom. The summed E-state index contributed by atoms with van der Waals surface area (Å²) in [5.74, 6) is -0.334. The van der Waals surface area contributed by atoms with E-state index in [-0.39, 0.29) is 30.4 Å². The van der Waals surface area contributed by atoms with Crippen molar-refractivity contribution in [2.45, 2.75) is 78.8 Å². The molecule has 6 heteroatoms. The van der Waals surface area contributed by atoms with Crippen molar-refractivity contribution in [2.24, 2.45) is 5.92 Å². The molecule has 0 bridgehead atoms. The zero-order valence-electron chi connectivity index (χ0n) is 21.0. The Morgan fingerprint density at radius 2 is 1.91 bits per heavy atom. The van der Waals surface area contributed by atoms with E-state index >= 15 is 0 Å². The van der Waals surface area contributed by atoms with E-state index in [2.05, 4.69) is 13.2 Å². The summed E-state index contributed by atoms with van der Waals surface area (Å²) in [4.78, 5) is 23.1. The van der Waals surface area contributed by atoms with Gasteiger partial charge in [0, 0.05) is 19.3 Å². The van der Waals surface area contributed by atoms with E-state index in [0.717, 1.165) is 29.6 Å². The van der Waals surface area contributed by atoms with Crippen molar-refractivity contribution in [3.05, 3.63) is 59.8 Å².